The SMILES string of the molecule is COC1CCCCC1(O)c1cncc2ccccc12. The molecule has 0 spiro atoms. The predicted molar refractivity (Wildman–Crippen MR) is 74.9 cm³/mol. The Morgan fingerprint density at radius 1 is 1.26 bits per heavy atom. The standard InChI is InChI=1S/C16H19NO2/c1-19-15-8-4-5-9-16(15,18)14-11-17-10-12-6-2-3-7-13(12)14/h2-3,6-7,10-11,15,18H,4-5,8-9H2,1H3. The number of rotatable bonds is 2. The van der Waals surface area contributed by atoms with Crippen molar-refractivity contribution in [3.63, 3.8) is 0 Å². The van der Waals surface area contributed by atoms with Gasteiger partial charge in [0, 0.05) is 30.5 Å². The van der Waals surface area contributed by atoms with E-state index in [-0.39, 0.29) is 6.10 Å². The molecular weight excluding hydrogens is 238 g/mol. The molecule has 2 aromatic rings. The van der Waals surface area contributed by atoms with E-state index in [1.165, 1.54) is 0 Å². The molecule has 1 aromatic heterocycles. The number of hydrogen-bond acceptors (Lipinski definition) is 3. The maximum atomic E-state index is 11.1. The molecule has 2 unspecified atom stereocenters. The van der Waals surface area contributed by atoms with Gasteiger partial charge in [0.05, 0.1) is 6.10 Å². The highest BCUT2D eigenvalue weighted by molar-refractivity contribution is 5.85. The number of hydrogen-bond donors (Lipinski definition) is 1. The Balaban J connectivity index is 2.16. The largest absolute Gasteiger partial charge is 0.382 e. The average molecular weight is 257 g/mol. The molecule has 19 heavy (non-hydrogen) atoms. The van der Waals surface area contributed by atoms with Crippen molar-refractivity contribution in [2.24, 2.45) is 0 Å². The van der Waals surface area contributed by atoms with Crippen LogP contribution < -0.4 is 0 Å². The Morgan fingerprint density at radius 2 is 2.11 bits per heavy atom. The molecule has 2 atom stereocenters. The zero-order valence-corrected chi connectivity index (χ0v) is 11.2. The second kappa shape index (κ2) is 4.91. The fourth-order valence-electron chi connectivity index (χ4n) is 3.21. The van der Waals surface area contributed by atoms with Gasteiger partial charge in [-0.25, -0.2) is 0 Å². The van der Waals surface area contributed by atoms with Crippen LogP contribution in [0.25, 0.3) is 10.8 Å². The Hall–Kier alpha value is -1.45. The summed E-state index contributed by atoms with van der Waals surface area (Å²) >= 11 is 0. The molecule has 3 nitrogen and oxygen atoms in total. The van der Waals surface area contributed by atoms with E-state index in [1.807, 2.05) is 30.5 Å². The van der Waals surface area contributed by atoms with Crippen LogP contribution in [0.2, 0.25) is 0 Å². The Bertz CT molecular complexity index is 578. The van der Waals surface area contributed by atoms with Crippen LogP contribution in [-0.2, 0) is 10.3 Å². The molecule has 0 radical (unpaired) electrons. The minimum Gasteiger partial charge on any atom is -0.382 e. The summed E-state index contributed by atoms with van der Waals surface area (Å²) in [6.45, 7) is 0. The van der Waals surface area contributed by atoms with E-state index in [9.17, 15) is 5.11 Å². The minimum atomic E-state index is -0.916. The first-order valence-electron chi connectivity index (χ1n) is 6.84. The third kappa shape index (κ3) is 2.03. The number of fused-ring (bicyclic) bond motifs is 1. The predicted octanol–water partition coefficient (Wildman–Crippen LogP) is 3.01. The number of pyridine rings is 1. The van der Waals surface area contributed by atoms with Gasteiger partial charge in [-0.1, -0.05) is 37.1 Å². The summed E-state index contributed by atoms with van der Waals surface area (Å²) in [5.74, 6) is 0. The lowest BCUT2D eigenvalue weighted by molar-refractivity contribution is -0.121. The number of aromatic nitrogens is 1. The van der Waals surface area contributed by atoms with Crippen LogP contribution in [-0.4, -0.2) is 23.3 Å². The molecule has 1 aliphatic carbocycles. The lowest BCUT2D eigenvalue weighted by atomic mass is 9.76. The Kier molecular flexibility index (Phi) is 3.25. The van der Waals surface area contributed by atoms with Crippen molar-refractivity contribution in [1.29, 1.82) is 0 Å². The number of nitrogens with zero attached hydrogens (tertiary/aromatic N) is 1. The van der Waals surface area contributed by atoms with Crippen LogP contribution in [0.3, 0.4) is 0 Å². The summed E-state index contributed by atoms with van der Waals surface area (Å²) < 4.78 is 5.53. The molecule has 1 aromatic carbocycles. The van der Waals surface area contributed by atoms with Gasteiger partial charge in [-0.05, 0) is 18.2 Å². The van der Waals surface area contributed by atoms with Gasteiger partial charge in [-0.3, -0.25) is 4.98 Å². The third-order valence-corrected chi connectivity index (χ3v) is 4.23. The number of aliphatic hydroxyl groups is 1. The van der Waals surface area contributed by atoms with Gasteiger partial charge >= 0.3 is 0 Å². The van der Waals surface area contributed by atoms with Crippen molar-refractivity contribution in [3.8, 4) is 0 Å². The summed E-state index contributed by atoms with van der Waals surface area (Å²) in [5.41, 5.74) is -0.0157. The zero-order chi connectivity index (χ0) is 13.3. The third-order valence-electron chi connectivity index (χ3n) is 4.23. The molecule has 0 saturated heterocycles. The molecule has 0 amide bonds. The molecule has 1 heterocycles. The zero-order valence-electron chi connectivity index (χ0n) is 11.2. The van der Waals surface area contributed by atoms with Crippen molar-refractivity contribution in [1.82, 2.24) is 4.98 Å². The lowest BCUT2D eigenvalue weighted by Crippen LogP contribution is -2.43. The molecule has 1 N–H and O–H groups in total. The summed E-state index contributed by atoms with van der Waals surface area (Å²) in [7, 11) is 1.68. The second-order valence-corrected chi connectivity index (χ2v) is 5.30. The van der Waals surface area contributed by atoms with E-state index in [2.05, 4.69) is 4.98 Å². The van der Waals surface area contributed by atoms with Crippen molar-refractivity contribution in [3.05, 3.63) is 42.2 Å². The first kappa shape index (κ1) is 12.6. The summed E-state index contributed by atoms with van der Waals surface area (Å²) in [6, 6.07) is 8.07. The normalized spacial score (nSPS) is 27.6. The summed E-state index contributed by atoms with van der Waals surface area (Å²) in [4.78, 5) is 4.29. The van der Waals surface area contributed by atoms with E-state index in [4.69, 9.17) is 4.74 Å². The van der Waals surface area contributed by atoms with Crippen LogP contribution in [0.15, 0.2) is 36.7 Å². The Morgan fingerprint density at radius 3 is 2.95 bits per heavy atom. The molecule has 0 aliphatic heterocycles. The topological polar surface area (TPSA) is 42.4 Å². The van der Waals surface area contributed by atoms with Gasteiger partial charge in [-0.2, -0.15) is 0 Å². The fourth-order valence-corrected chi connectivity index (χ4v) is 3.21. The summed E-state index contributed by atoms with van der Waals surface area (Å²) in [5, 5.41) is 13.3. The monoisotopic (exact) mass is 257 g/mol. The van der Waals surface area contributed by atoms with Crippen LogP contribution in [0, 0.1) is 0 Å². The second-order valence-electron chi connectivity index (χ2n) is 5.30. The van der Waals surface area contributed by atoms with Gasteiger partial charge in [0.15, 0.2) is 0 Å². The lowest BCUT2D eigenvalue weighted by Gasteiger charge is -2.39. The van der Waals surface area contributed by atoms with Crippen molar-refractivity contribution < 1.29 is 9.84 Å². The number of benzene rings is 1. The van der Waals surface area contributed by atoms with E-state index in [1.54, 1.807) is 13.3 Å². The minimum absolute atomic E-state index is 0.145. The van der Waals surface area contributed by atoms with E-state index in [0.29, 0.717) is 0 Å². The number of methoxy groups -OCH3 is 1. The molecular formula is C16H19NO2. The first-order chi connectivity index (χ1) is 9.25. The van der Waals surface area contributed by atoms with Gasteiger partial charge in [0.2, 0.25) is 0 Å². The number of ether oxygens (including phenoxy) is 1. The maximum absolute atomic E-state index is 11.1. The molecule has 1 fully saturated rings. The Labute approximate surface area is 113 Å². The molecule has 3 rings (SSSR count). The van der Waals surface area contributed by atoms with Gasteiger partial charge < -0.3 is 9.84 Å². The van der Waals surface area contributed by atoms with Crippen molar-refractivity contribution in [2.45, 2.75) is 37.4 Å². The van der Waals surface area contributed by atoms with E-state index < -0.39 is 5.60 Å². The molecule has 1 aliphatic rings. The molecule has 100 valence electrons. The van der Waals surface area contributed by atoms with Crippen molar-refractivity contribution >= 4 is 10.8 Å². The smallest absolute Gasteiger partial charge is 0.118 e. The average Bonchev–Trinajstić information content (AvgIpc) is 2.47. The quantitative estimate of drug-likeness (QED) is 0.899. The van der Waals surface area contributed by atoms with Gasteiger partial charge in [-0.15, -0.1) is 0 Å². The molecule has 1 saturated carbocycles. The highest BCUT2D eigenvalue weighted by Gasteiger charge is 2.41. The molecule has 0 bridgehead atoms. The van der Waals surface area contributed by atoms with Crippen LogP contribution in [0.4, 0.5) is 0 Å². The summed E-state index contributed by atoms with van der Waals surface area (Å²) in [6.07, 6.45) is 7.26. The first-order valence-corrected chi connectivity index (χ1v) is 6.84. The molecule has 3 heteroatoms. The van der Waals surface area contributed by atoms with Gasteiger partial charge in [0.25, 0.3) is 0 Å². The maximum Gasteiger partial charge on any atom is 0.118 e. The van der Waals surface area contributed by atoms with E-state index in [0.717, 1.165) is 42.0 Å². The highest BCUT2D eigenvalue weighted by Crippen LogP contribution is 2.41. The van der Waals surface area contributed by atoms with E-state index >= 15 is 0 Å². The van der Waals surface area contributed by atoms with Crippen molar-refractivity contribution in [2.75, 3.05) is 7.11 Å². The highest BCUT2D eigenvalue weighted by atomic mass is 16.5. The van der Waals surface area contributed by atoms with Gasteiger partial charge in [0.1, 0.15) is 5.60 Å². The fraction of sp³-hybridized carbons (Fsp3) is 0.438. The van der Waals surface area contributed by atoms with Crippen LogP contribution in [0.5, 0.6) is 0 Å². The van der Waals surface area contributed by atoms with Crippen LogP contribution >= 0.6 is 0 Å². The van der Waals surface area contributed by atoms with Crippen LogP contribution in [0.1, 0.15) is 31.2 Å².